The van der Waals surface area contributed by atoms with Crippen molar-refractivity contribution in [3.63, 3.8) is 0 Å². The molecular weight excluding hydrogens is 821 g/mol. The standard InChI is InChI=1S/C51H48O13/c1-55-42-30-28-41(29-31-42)51(39-24-14-6-15-25-39,40-26-16-7-17-27-40)60-35-43-44(62-48(52)57-32-36-18-8-3-9-19-36)45(63-49(53)58-33-37-20-10-4-11-21-37)46(47(56-2)61-43)64-50(54)59-34-38-22-12-5-13-23-38/h3-31,43-47H,32-35H2,1-2H3/t43-,44-,45+,46+,47+/m1/s1. The number of hydrogen-bond acceptors (Lipinski definition) is 13. The van der Waals surface area contributed by atoms with Gasteiger partial charge in [-0.15, -0.1) is 0 Å². The lowest BCUT2D eigenvalue weighted by Crippen LogP contribution is -2.63. The fraction of sp³-hybridized carbons (Fsp3) is 0.235. The minimum Gasteiger partial charge on any atom is -0.497 e. The molecule has 0 radical (unpaired) electrons. The van der Waals surface area contributed by atoms with Crippen LogP contribution in [0.1, 0.15) is 33.4 Å². The van der Waals surface area contributed by atoms with Crippen LogP contribution >= 0.6 is 0 Å². The first kappa shape index (κ1) is 44.9. The van der Waals surface area contributed by atoms with Gasteiger partial charge in [0, 0.05) is 7.11 Å². The summed E-state index contributed by atoms with van der Waals surface area (Å²) in [7, 11) is 2.91. The molecule has 0 amide bonds. The van der Waals surface area contributed by atoms with Gasteiger partial charge in [0.15, 0.2) is 24.6 Å². The Bertz CT molecular complexity index is 2310. The second-order valence-electron chi connectivity index (χ2n) is 14.6. The maximum Gasteiger partial charge on any atom is 0.509 e. The molecule has 0 saturated carbocycles. The zero-order valence-corrected chi connectivity index (χ0v) is 35.3. The summed E-state index contributed by atoms with van der Waals surface area (Å²) in [5.74, 6) is 0.632. The number of methoxy groups -OCH3 is 2. The smallest absolute Gasteiger partial charge is 0.497 e. The van der Waals surface area contributed by atoms with E-state index in [0.29, 0.717) is 22.4 Å². The highest BCUT2D eigenvalue weighted by Gasteiger charge is 2.54. The third-order valence-corrected chi connectivity index (χ3v) is 10.4. The van der Waals surface area contributed by atoms with E-state index in [-0.39, 0.29) is 26.4 Å². The fourth-order valence-corrected chi connectivity index (χ4v) is 7.32. The molecule has 0 aromatic heterocycles. The maximum absolute atomic E-state index is 13.7. The van der Waals surface area contributed by atoms with Crippen LogP contribution in [0.5, 0.6) is 5.75 Å². The van der Waals surface area contributed by atoms with Crippen molar-refractivity contribution in [1.82, 2.24) is 0 Å². The zero-order chi connectivity index (χ0) is 44.6. The van der Waals surface area contributed by atoms with Crippen molar-refractivity contribution in [2.75, 3.05) is 20.8 Å². The topological polar surface area (TPSA) is 144 Å². The van der Waals surface area contributed by atoms with Gasteiger partial charge in [-0.05, 0) is 45.5 Å². The lowest BCUT2D eigenvalue weighted by molar-refractivity contribution is -0.302. The molecule has 0 N–H and O–H groups in total. The first-order chi connectivity index (χ1) is 31.4. The van der Waals surface area contributed by atoms with Crippen LogP contribution in [-0.2, 0) is 68.1 Å². The highest BCUT2D eigenvalue weighted by atomic mass is 16.8. The van der Waals surface area contributed by atoms with Gasteiger partial charge in [-0.1, -0.05) is 164 Å². The number of rotatable bonds is 17. The maximum atomic E-state index is 13.7. The third kappa shape index (κ3) is 11.4. The molecule has 0 spiro atoms. The molecule has 13 nitrogen and oxygen atoms in total. The average Bonchev–Trinajstić information content (AvgIpc) is 3.35. The Morgan fingerprint density at radius 3 is 1.25 bits per heavy atom. The monoisotopic (exact) mass is 868 g/mol. The van der Waals surface area contributed by atoms with Crippen molar-refractivity contribution in [2.45, 2.75) is 56.1 Å². The van der Waals surface area contributed by atoms with Crippen LogP contribution in [0.25, 0.3) is 0 Å². The SMILES string of the molecule is COc1ccc(C(OC[C@H]2O[C@H](OC)[C@@H](OC(=O)OCc3ccccc3)[C@@H](OC(=O)OCc3ccccc3)[C@@H]2OC(=O)OCc2ccccc2)(c2ccccc2)c2ccccc2)cc1. The summed E-state index contributed by atoms with van der Waals surface area (Å²) >= 11 is 0. The molecule has 13 heteroatoms. The Morgan fingerprint density at radius 2 is 0.844 bits per heavy atom. The number of carbonyl (C=O) groups excluding carboxylic acids is 3. The minimum atomic E-state index is -1.63. The Hall–Kier alpha value is -7.19. The first-order valence-electron chi connectivity index (χ1n) is 20.6. The lowest BCUT2D eigenvalue weighted by Gasteiger charge is -2.44. The van der Waals surface area contributed by atoms with Crippen LogP contribution in [-0.4, -0.2) is 70.0 Å². The van der Waals surface area contributed by atoms with Gasteiger partial charge in [-0.3, -0.25) is 0 Å². The summed E-state index contributed by atoms with van der Waals surface area (Å²) in [4.78, 5) is 40.9. The molecular formula is C51H48O13. The van der Waals surface area contributed by atoms with Gasteiger partial charge in [-0.25, -0.2) is 14.4 Å². The zero-order valence-electron chi connectivity index (χ0n) is 35.3. The molecule has 5 atom stereocenters. The molecule has 1 fully saturated rings. The van der Waals surface area contributed by atoms with E-state index in [9.17, 15) is 14.4 Å². The molecule has 1 aliphatic rings. The lowest BCUT2D eigenvalue weighted by atomic mass is 9.80. The minimum absolute atomic E-state index is 0.135. The van der Waals surface area contributed by atoms with Crippen LogP contribution in [0.3, 0.4) is 0 Å². The third-order valence-electron chi connectivity index (χ3n) is 10.4. The Kier molecular flexibility index (Phi) is 15.6. The van der Waals surface area contributed by atoms with Gasteiger partial charge in [0.1, 0.15) is 37.3 Å². The van der Waals surface area contributed by atoms with Crippen molar-refractivity contribution in [3.05, 3.63) is 209 Å². The normalized spacial score (nSPS) is 18.2. The van der Waals surface area contributed by atoms with E-state index in [1.165, 1.54) is 7.11 Å². The molecule has 6 aromatic carbocycles. The van der Waals surface area contributed by atoms with Crippen molar-refractivity contribution < 1.29 is 61.8 Å². The van der Waals surface area contributed by atoms with E-state index >= 15 is 0 Å². The molecule has 64 heavy (non-hydrogen) atoms. The van der Waals surface area contributed by atoms with E-state index < -0.39 is 54.8 Å². The molecule has 7 rings (SSSR count). The van der Waals surface area contributed by atoms with Crippen LogP contribution in [0, 0.1) is 0 Å². The van der Waals surface area contributed by atoms with Crippen molar-refractivity contribution in [1.29, 1.82) is 0 Å². The highest BCUT2D eigenvalue weighted by Crippen LogP contribution is 2.42. The number of ether oxygens (including phenoxy) is 10. The van der Waals surface area contributed by atoms with Crippen molar-refractivity contribution in [3.8, 4) is 5.75 Å². The average molecular weight is 869 g/mol. The molecule has 6 aromatic rings. The van der Waals surface area contributed by atoms with E-state index in [0.717, 1.165) is 16.7 Å². The summed E-state index contributed by atoms with van der Waals surface area (Å²) in [5, 5.41) is 0. The summed E-state index contributed by atoms with van der Waals surface area (Å²) in [6.07, 6.45) is -10.9. The largest absolute Gasteiger partial charge is 0.509 e. The first-order valence-corrected chi connectivity index (χ1v) is 20.6. The summed E-state index contributed by atoms with van der Waals surface area (Å²) in [6, 6.07) is 53.5. The molecule has 1 heterocycles. The number of hydrogen-bond donors (Lipinski definition) is 0. The molecule has 0 unspecified atom stereocenters. The Balaban J connectivity index is 1.26. The predicted octanol–water partition coefficient (Wildman–Crippen LogP) is 9.54. The van der Waals surface area contributed by atoms with Gasteiger partial charge < -0.3 is 47.4 Å². The van der Waals surface area contributed by atoms with E-state index in [1.54, 1.807) is 79.9 Å². The van der Waals surface area contributed by atoms with Crippen molar-refractivity contribution in [2.24, 2.45) is 0 Å². The highest BCUT2D eigenvalue weighted by molar-refractivity contribution is 5.63. The van der Waals surface area contributed by atoms with Crippen LogP contribution in [0.2, 0.25) is 0 Å². The van der Waals surface area contributed by atoms with Crippen LogP contribution < -0.4 is 4.74 Å². The second kappa shape index (κ2) is 22.2. The van der Waals surface area contributed by atoms with Gasteiger partial charge in [0.2, 0.25) is 0 Å². The summed E-state index contributed by atoms with van der Waals surface area (Å²) < 4.78 is 59.3. The molecule has 0 bridgehead atoms. The van der Waals surface area contributed by atoms with Crippen molar-refractivity contribution >= 4 is 18.5 Å². The summed E-state index contributed by atoms with van der Waals surface area (Å²) in [5.41, 5.74) is 2.99. The van der Waals surface area contributed by atoms with Crippen LogP contribution in [0.15, 0.2) is 176 Å². The molecule has 1 saturated heterocycles. The van der Waals surface area contributed by atoms with Gasteiger partial charge in [-0.2, -0.15) is 0 Å². The van der Waals surface area contributed by atoms with Gasteiger partial charge >= 0.3 is 18.5 Å². The summed E-state index contributed by atoms with van der Waals surface area (Å²) in [6.45, 7) is -0.758. The Labute approximate surface area is 371 Å². The quantitative estimate of drug-likeness (QED) is 0.0488. The molecule has 1 aliphatic heterocycles. The van der Waals surface area contributed by atoms with Gasteiger partial charge in [0.25, 0.3) is 0 Å². The van der Waals surface area contributed by atoms with E-state index in [1.807, 2.05) is 103 Å². The number of carbonyl (C=O) groups is 3. The van der Waals surface area contributed by atoms with E-state index in [2.05, 4.69) is 0 Å². The molecule has 0 aliphatic carbocycles. The second-order valence-corrected chi connectivity index (χ2v) is 14.6. The van der Waals surface area contributed by atoms with E-state index in [4.69, 9.17) is 47.4 Å². The predicted molar refractivity (Wildman–Crippen MR) is 232 cm³/mol. The van der Waals surface area contributed by atoms with Crippen LogP contribution in [0.4, 0.5) is 14.4 Å². The van der Waals surface area contributed by atoms with Gasteiger partial charge in [0.05, 0.1) is 13.7 Å². The fourth-order valence-electron chi connectivity index (χ4n) is 7.32. The Morgan fingerprint density at radius 1 is 0.469 bits per heavy atom. The molecule has 330 valence electrons. The number of benzene rings is 6.